The smallest absolute Gasteiger partial charge is 0.273 e. The molecule has 34 heavy (non-hydrogen) atoms. The van der Waals surface area contributed by atoms with Crippen molar-refractivity contribution in [2.45, 2.75) is 33.8 Å². The average Bonchev–Trinajstić information content (AvgIpc) is 2.76. The van der Waals surface area contributed by atoms with E-state index in [2.05, 4.69) is 49.9 Å². The van der Waals surface area contributed by atoms with E-state index in [1.54, 1.807) is 31.6 Å². The number of nitrogens with zero attached hydrogens (tertiary/aromatic N) is 5. The van der Waals surface area contributed by atoms with Gasteiger partial charge in [0.15, 0.2) is 5.75 Å². The van der Waals surface area contributed by atoms with Gasteiger partial charge in [-0.05, 0) is 65.1 Å². The lowest BCUT2D eigenvalue weighted by Gasteiger charge is -2.21. The lowest BCUT2D eigenvalue weighted by atomic mass is 10.0. The van der Waals surface area contributed by atoms with Crippen LogP contribution < -0.4 is 10.5 Å². The summed E-state index contributed by atoms with van der Waals surface area (Å²) in [5, 5.41) is 2.91. The van der Waals surface area contributed by atoms with E-state index in [9.17, 15) is 9.30 Å². The molecule has 2 heterocycles. The van der Waals surface area contributed by atoms with Gasteiger partial charge in [0, 0.05) is 40.3 Å². The molecule has 10 heteroatoms. The predicted octanol–water partition coefficient (Wildman–Crippen LogP) is 5.28. The summed E-state index contributed by atoms with van der Waals surface area (Å²) in [4.78, 5) is 24.0. The fourth-order valence-electron chi connectivity index (χ4n) is 3.26. The van der Waals surface area contributed by atoms with E-state index in [4.69, 9.17) is 10.5 Å². The zero-order valence-electron chi connectivity index (χ0n) is 19.5. The topological polar surface area (TPSA) is 105 Å². The largest absolute Gasteiger partial charge is 0.482 e. The molecule has 1 aliphatic rings. The molecular weight excluding hydrogens is 503 g/mol. The highest BCUT2D eigenvalue weighted by Gasteiger charge is 2.28. The first-order valence-electron chi connectivity index (χ1n) is 10.8. The van der Waals surface area contributed by atoms with Crippen LogP contribution in [0.5, 0.6) is 5.75 Å². The van der Waals surface area contributed by atoms with Crippen LogP contribution in [0.2, 0.25) is 0 Å². The van der Waals surface area contributed by atoms with Crippen LogP contribution in [0.4, 0.5) is 10.2 Å². The Morgan fingerprint density at radius 1 is 1.32 bits per heavy atom. The summed E-state index contributed by atoms with van der Waals surface area (Å²) in [5.41, 5.74) is 8.89. The predicted molar refractivity (Wildman–Crippen MR) is 136 cm³/mol. The molecule has 178 valence electrons. The number of pyridine rings is 1. The van der Waals surface area contributed by atoms with Crippen molar-refractivity contribution in [3.63, 3.8) is 0 Å². The number of ether oxygens (including phenoxy) is 1. The molecule has 2 aromatic rings. The normalized spacial score (nSPS) is 14.9. The fraction of sp³-hybridized carbons (Fsp3) is 0.333. The van der Waals surface area contributed by atoms with Gasteiger partial charge in [-0.3, -0.25) is 4.99 Å². The zero-order chi connectivity index (χ0) is 24.8. The number of aromatic nitrogens is 1. The molecule has 8 nitrogen and oxygen atoms in total. The van der Waals surface area contributed by atoms with Gasteiger partial charge < -0.3 is 10.5 Å². The molecule has 0 saturated carbocycles. The van der Waals surface area contributed by atoms with Crippen molar-refractivity contribution in [1.29, 1.82) is 0 Å². The van der Waals surface area contributed by atoms with E-state index < -0.39 is 11.9 Å². The third-order valence-corrected chi connectivity index (χ3v) is 5.47. The standard InChI is InChI=1S/C24H27BrFN6O2/c1-14(2)9-28-10-17(15(3)27)12-32-13-30-24(32)20-6-5-19(26)8-21(20)16(4)34-22-7-18(25)11-29-23(22)31-33/h5-8,10-11,13-14,16H,9,12,27H2,1-4H3/q+1/t16-/m1/s1. The Balaban J connectivity index is 1.85. The average molecular weight is 530 g/mol. The second-order valence-electron chi connectivity index (χ2n) is 8.35. The molecule has 1 aromatic heterocycles. The molecule has 0 unspecified atom stereocenters. The summed E-state index contributed by atoms with van der Waals surface area (Å²) in [6.45, 7) is 8.97. The summed E-state index contributed by atoms with van der Waals surface area (Å²) >= 11 is 3.31. The molecule has 0 radical (unpaired) electrons. The van der Waals surface area contributed by atoms with E-state index in [1.165, 1.54) is 18.3 Å². The minimum absolute atomic E-state index is 0.0853. The number of aliphatic imine (C=N–C) groups is 2. The molecule has 1 aliphatic heterocycles. The number of nitroso groups, excluding NO2 is 1. The van der Waals surface area contributed by atoms with Gasteiger partial charge in [-0.15, -0.1) is 4.91 Å². The van der Waals surface area contributed by atoms with Gasteiger partial charge in [-0.1, -0.05) is 18.8 Å². The lowest BCUT2D eigenvalue weighted by Crippen LogP contribution is -2.34. The maximum atomic E-state index is 14.2. The number of hydrogen-bond acceptors (Lipinski definition) is 7. The molecule has 1 atom stereocenters. The quantitative estimate of drug-likeness (QED) is 0.256. The van der Waals surface area contributed by atoms with E-state index >= 15 is 0 Å². The Hall–Kier alpha value is -3.27. The third kappa shape index (κ3) is 6.19. The van der Waals surface area contributed by atoms with Crippen LogP contribution in [0, 0.1) is 16.6 Å². The molecule has 3 rings (SSSR count). The fourth-order valence-corrected chi connectivity index (χ4v) is 3.57. The lowest BCUT2D eigenvalue weighted by molar-refractivity contribution is -0.403. The number of benzene rings is 1. The summed E-state index contributed by atoms with van der Waals surface area (Å²) < 4.78 is 22.7. The van der Waals surface area contributed by atoms with Crippen molar-refractivity contribution in [2.24, 2.45) is 26.8 Å². The van der Waals surface area contributed by atoms with E-state index in [0.29, 0.717) is 46.1 Å². The summed E-state index contributed by atoms with van der Waals surface area (Å²) in [5.74, 6) is 0.795. The van der Waals surface area contributed by atoms with E-state index in [1.807, 2.05) is 11.5 Å². The highest BCUT2D eigenvalue weighted by atomic mass is 79.9. The van der Waals surface area contributed by atoms with Crippen LogP contribution in [-0.4, -0.2) is 41.0 Å². The third-order valence-electron chi connectivity index (χ3n) is 5.04. The highest BCUT2D eigenvalue weighted by molar-refractivity contribution is 9.10. The van der Waals surface area contributed by atoms with Gasteiger partial charge in [0.1, 0.15) is 11.9 Å². The Labute approximate surface area is 206 Å². The van der Waals surface area contributed by atoms with Crippen molar-refractivity contribution in [3.8, 4) is 5.75 Å². The Morgan fingerprint density at radius 3 is 2.71 bits per heavy atom. The maximum absolute atomic E-state index is 14.2. The monoisotopic (exact) mass is 529 g/mol. The Kier molecular flexibility index (Phi) is 8.38. The molecule has 0 aliphatic carbocycles. The molecule has 0 spiro atoms. The van der Waals surface area contributed by atoms with E-state index in [0.717, 1.165) is 5.57 Å². The summed E-state index contributed by atoms with van der Waals surface area (Å²) in [6, 6.07) is 6.02. The van der Waals surface area contributed by atoms with Crippen LogP contribution in [-0.2, 0) is 0 Å². The number of rotatable bonds is 10. The van der Waals surface area contributed by atoms with Gasteiger partial charge >= 0.3 is 0 Å². The number of amidine groups is 1. The second kappa shape index (κ2) is 11.2. The number of allylic oxidation sites excluding steroid dienone is 1. The first kappa shape index (κ1) is 25.4. The molecule has 0 amide bonds. The highest BCUT2D eigenvalue weighted by Crippen LogP contribution is 2.33. The van der Waals surface area contributed by atoms with Crippen LogP contribution >= 0.6 is 15.9 Å². The Bertz CT molecular complexity index is 1200. The van der Waals surface area contributed by atoms with Crippen molar-refractivity contribution < 1.29 is 13.7 Å². The van der Waals surface area contributed by atoms with Crippen LogP contribution in [0.3, 0.4) is 0 Å². The first-order valence-corrected chi connectivity index (χ1v) is 11.6. The second-order valence-corrected chi connectivity index (χ2v) is 9.27. The van der Waals surface area contributed by atoms with Crippen LogP contribution in [0.15, 0.2) is 61.4 Å². The van der Waals surface area contributed by atoms with Crippen LogP contribution in [0.1, 0.15) is 44.9 Å². The minimum Gasteiger partial charge on any atom is -0.482 e. The van der Waals surface area contributed by atoms with Gasteiger partial charge in [0.25, 0.3) is 5.84 Å². The molecule has 0 fully saturated rings. The van der Waals surface area contributed by atoms with Gasteiger partial charge in [-0.25, -0.2) is 13.9 Å². The summed E-state index contributed by atoms with van der Waals surface area (Å²) in [7, 11) is 0. The molecule has 0 bridgehead atoms. The van der Waals surface area contributed by atoms with Gasteiger partial charge in [0.2, 0.25) is 12.2 Å². The summed E-state index contributed by atoms with van der Waals surface area (Å²) in [6.07, 6.45) is 4.32. The minimum atomic E-state index is -0.619. The van der Waals surface area contributed by atoms with Gasteiger partial charge in [-0.2, -0.15) is 0 Å². The molecular formula is C24H27BrFN6O2+. The zero-order valence-corrected chi connectivity index (χ0v) is 21.1. The molecule has 1 aromatic carbocycles. The maximum Gasteiger partial charge on any atom is 0.273 e. The number of halogens is 2. The van der Waals surface area contributed by atoms with Crippen LogP contribution in [0.25, 0.3) is 0 Å². The van der Waals surface area contributed by atoms with Gasteiger partial charge in [0.05, 0.1) is 12.1 Å². The molecule has 2 N–H and O–H groups in total. The first-order chi connectivity index (χ1) is 16.2. The van der Waals surface area contributed by atoms with Crippen molar-refractivity contribution in [2.75, 3.05) is 13.1 Å². The van der Waals surface area contributed by atoms with E-state index in [-0.39, 0.29) is 11.6 Å². The SMILES string of the molecule is CC(N)=C(C=NCC(C)C)C[N+]1=CN=C1c1ccc(F)cc1[C@@H](C)Oc1cc(Br)cnc1N=O. The van der Waals surface area contributed by atoms with Crippen molar-refractivity contribution in [1.82, 2.24) is 4.98 Å². The number of hydrogen-bond donors (Lipinski definition) is 1. The van der Waals surface area contributed by atoms with Crippen molar-refractivity contribution in [3.05, 3.63) is 68.1 Å². The Morgan fingerprint density at radius 2 is 2.09 bits per heavy atom. The van der Waals surface area contributed by atoms with Crippen molar-refractivity contribution >= 4 is 40.1 Å². The number of nitrogens with two attached hydrogens (primary N) is 1. The molecule has 0 saturated heterocycles.